The van der Waals surface area contributed by atoms with Gasteiger partial charge in [0, 0.05) is 0 Å². The van der Waals surface area contributed by atoms with Gasteiger partial charge in [-0.05, 0) is 12.1 Å². The second kappa shape index (κ2) is 3.31. The van der Waals surface area contributed by atoms with E-state index in [1.54, 1.807) is 12.1 Å². The number of methoxy groups -OCH3 is 1. The molecule has 0 atom stereocenters. The molecule has 1 aromatic carbocycles. The third-order valence-electron chi connectivity index (χ3n) is 1.99. The molecule has 0 aliphatic rings. The number of hydrogen-bond donors (Lipinski definition) is 1. The number of carbonyl (C=O) groups is 1. The highest BCUT2D eigenvalue weighted by Gasteiger charge is 2.12. The number of benzene rings is 1. The number of aldehydes is 1. The van der Waals surface area contributed by atoms with Crippen LogP contribution in [0.5, 0.6) is 5.75 Å². The zero-order chi connectivity index (χ0) is 10.1. The highest BCUT2D eigenvalue weighted by molar-refractivity contribution is 6.36. The molecule has 1 N–H and O–H groups in total. The van der Waals surface area contributed by atoms with Crippen LogP contribution in [0.1, 0.15) is 10.5 Å². The van der Waals surface area contributed by atoms with Gasteiger partial charge in [-0.1, -0.05) is 11.6 Å². The van der Waals surface area contributed by atoms with Gasteiger partial charge in [0.1, 0.15) is 17.0 Å². The lowest BCUT2D eigenvalue weighted by molar-refractivity contribution is 0.112. The maximum atomic E-state index is 10.7. The van der Waals surface area contributed by atoms with Crippen LogP contribution in [0.4, 0.5) is 0 Å². The van der Waals surface area contributed by atoms with Gasteiger partial charge in [0.15, 0.2) is 6.29 Å². The predicted molar refractivity (Wildman–Crippen MR) is 53.0 cm³/mol. The van der Waals surface area contributed by atoms with Gasteiger partial charge in [0.05, 0.1) is 17.5 Å². The first-order valence-corrected chi connectivity index (χ1v) is 4.31. The van der Waals surface area contributed by atoms with E-state index in [4.69, 9.17) is 16.3 Å². The first-order chi connectivity index (χ1) is 6.77. The molecule has 5 heteroatoms. The lowest BCUT2D eigenvalue weighted by atomic mass is 10.2. The van der Waals surface area contributed by atoms with Gasteiger partial charge in [-0.3, -0.25) is 9.89 Å². The summed E-state index contributed by atoms with van der Waals surface area (Å²) < 4.78 is 5.08. The fourth-order valence-corrected chi connectivity index (χ4v) is 1.59. The van der Waals surface area contributed by atoms with Crippen molar-refractivity contribution in [1.29, 1.82) is 0 Å². The Morgan fingerprint density at radius 2 is 2.36 bits per heavy atom. The fraction of sp³-hybridized carbons (Fsp3) is 0.111. The minimum atomic E-state index is 0.365. The van der Waals surface area contributed by atoms with E-state index in [0.29, 0.717) is 33.7 Å². The Kier molecular flexibility index (Phi) is 2.13. The molecule has 0 fully saturated rings. The summed E-state index contributed by atoms with van der Waals surface area (Å²) in [7, 11) is 1.54. The summed E-state index contributed by atoms with van der Waals surface area (Å²) in [6, 6.07) is 3.38. The van der Waals surface area contributed by atoms with E-state index in [9.17, 15) is 4.79 Å². The number of aromatic amines is 1. The van der Waals surface area contributed by atoms with Crippen molar-refractivity contribution in [2.24, 2.45) is 0 Å². The number of nitrogens with zero attached hydrogens (tertiary/aromatic N) is 1. The SMILES string of the molecule is COc1ccc(Cl)c2c(C=O)[nH]nc12. The van der Waals surface area contributed by atoms with Gasteiger partial charge in [-0.15, -0.1) is 0 Å². The first-order valence-electron chi connectivity index (χ1n) is 3.93. The van der Waals surface area contributed by atoms with E-state index in [-0.39, 0.29) is 0 Å². The largest absolute Gasteiger partial charge is 0.494 e. The number of hydrogen-bond acceptors (Lipinski definition) is 3. The highest BCUT2D eigenvalue weighted by atomic mass is 35.5. The van der Waals surface area contributed by atoms with Gasteiger partial charge in [0.25, 0.3) is 0 Å². The number of H-pyrrole nitrogens is 1. The zero-order valence-electron chi connectivity index (χ0n) is 7.37. The molecule has 2 rings (SSSR count). The first kappa shape index (κ1) is 9.02. The smallest absolute Gasteiger partial charge is 0.168 e. The van der Waals surface area contributed by atoms with Gasteiger partial charge < -0.3 is 4.74 Å². The standard InChI is InChI=1S/C9H7ClN2O2/c1-14-7-3-2-5(10)8-6(4-13)11-12-9(7)8/h2-4H,1H3,(H,11,12). The number of ether oxygens (including phenoxy) is 1. The minimum absolute atomic E-state index is 0.365. The minimum Gasteiger partial charge on any atom is -0.494 e. The van der Waals surface area contributed by atoms with Gasteiger partial charge in [-0.2, -0.15) is 5.10 Å². The quantitative estimate of drug-likeness (QED) is 0.772. The monoisotopic (exact) mass is 210 g/mol. The maximum Gasteiger partial charge on any atom is 0.168 e. The number of fused-ring (bicyclic) bond motifs is 1. The molecule has 72 valence electrons. The lowest BCUT2D eigenvalue weighted by Crippen LogP contribution is -1.84. The summed E-state index contributed by atoms with van der Waals surface area (Å²) in [5.41, 5.74) is 0.936. The topological polar surface area (TPSA) is 55.0 Å². The average molecular weight is 211 g/mol. The average Bonchev–Trinajstić information content (AvgIpc) is 2.63. The van der Waals surface area contributed by atoms with Crippen LogP contribution in [0, 0.1) is 0 Å². The molecule has 0 saturated heterocycles. The highest BCUT2D eigenvalue weighted by Crippen LogP contribution is 2.31. The van der Waals surface area contributed by atoms with Crippen LogP contribution in [0.3, 0.4) is 0 Å². The summed E-state index contributed by atoms with van der Waals surface area (Å²) >= 11 is 5.94. The third kappa shape index (κ3) is 1.15. The molecule has 0 unspecified atom stereocenters. The molecule has 14 heavy (non-hydrogen) atoms. The molecule has 0 amide bonds. The van der Waals surface area contributed by atoms with Crippen molar-refractivity contribution in [2.75, 3.05) is 7.11 Å². The van der Waals surface area contributed by atoms with E-state index in [0.717, 1.165) is 0 Å². The Labute approximate surface area is 84.8 Å². The molecule has 0 saturated carbocycles. The molecule has 0 bridgehead atoms. The lowest BCUT2D eigenvalue weighted by Gasteiger charge is -2.00. The predicted octanol–water partition coefficient (Wildman–Crippen LogP) is 2.04. The van der Waals surface area contributed by atoms with Crippen molar-refractivity contribution < 1.29 is 9.53 Å². The zero-order valence-corrected chi connectivity index (χ0v) is 8.13. The van der Waals surface area contributed by atoms with Crippen molar-refractivity contribution in [2.45, 2.75) is 0 Å². The van der Waals surface area contributed by atoms with Crippen LogP contribution in [-0.4, -0.2) is 23.6 Å². The van der Waals surface area contributed by atoms with Crippen LogP contribution >= 0.6 is 11.6 Å². The summed E-state index contributed by atoms with van der Waals surface area (Å²) in [5.74, 6) is 0.591. The van der Waals surface area contributed by atoms with Crippen molar-refractivity contribution in [3.63, 3.8) is 0 Å². The maximum absolute atomic E-state index is 10.7. The molecule has 2 aromatic rings. The summed E-state index contributed by atoms with van der Waals surface area (Å²) in [4.78, 5) is 10.7. The van der Waals surface area contributed by atoms with E-state index >= 15 is 0 Å². The van der Waals surface area contributed by atoms with Crippen molar-refractivity contribution in [1.82, 2.24) is 10.2 Å². The Morgan fingerprint density at radius 1 is 1.57 bits per heavy atom. The molecule has 0 aliphatic carbocycles. The van der Waals surface area contributed by atoms with Crippen molar-refractivity contribution >= 4 is 28.8 Å². The molecular formula is C9H7ClN2O2. The third-order valence-corrected chi connectivity index (χ3v) is 2.30. The van der Waals surface area contributed by atoms with E-state index in [1.807, 2.05) is 0 Å². The van der Waals surface area contributed by atoms with Crippen molar-refractivity contribution in [3.8, 4) is 5.75 Å². The number of rotatable bonds is 2. The summed E-state index contributed by atoms with van der Waals surface area (Å²) in [6.07, 6.45) is 0.681. The Morgan fingerprint density at radius 3 is 3.00 bits per heavy atom. The van der Waals surface area contributed by atoms with Crippen LogP contribution in [0.25, 0.3) is 10.9 Å². The number of nitrogens with one attached hydrogen (secondary N) is 1. The molecule has 1 heterocycles. The van der Waals surface area contributed by atoms with Gasteiger partial charge >= 0.3 is 0 Å². The molecule has 4 nitrogen and oxygen atoms in total. The summed E-state index contributed by atoms with van der Waals surface area (Å²) in [6.45, 7) is 0. The van der Waals surface area contributed by atoms with Crippen molar-refractivity contribution in [3.05, 3.63) is 22.8 Å². The Hall–Kier alpha value is -1.55. The van der Waals surface area contributed by atoms with Crippen LogP contribution in [0.2, 0.25) is 5.02 Å². The van der Waals surface area contributed by atoms with E-state index in [2.05, 4.69) is 10.2 Å². The van der Waals surface area contributed by atoms with Gasteiger partial charge in [0.2, 0.25) is 0 Å². The van der Waals surface area contributed by atoms with Crippen LogP contribution in [0.15, 0.2) is 12.1 Å². The molecule has 1 aromatic heterocycles. The molecule has 0 radical (unpaired) electrons. The second-order valence-corrected chi connectivity index (χ2v) is 3.14. The van der Waals surface area contributed by atoms with Crippen LogP contribution < -0.4 is 4.74 Å². The molecular weight excluding hydrogens is 204 g/mol. The van der Waals surface area contributed by atoms with E-state index < -0.39 is 0 Å². The second-order valence-electron chi connectivity index (χ2n) is 2.73. The van der Waals surface area contributed by atoms with E-state index in [1.165, 1.54) is 7.11 Å². The number of carbonyl (C=O) groups excluding carboxylic acids is 1. The van der Waals surface area contributed by atoms with Gasteiger partial charge in [-0.25, -0.2) is 0 Å². The normalized spacial score (nSPS) is 10.4. The summed E-state index contributed by atoms with van der Waals surface area (Å²) in [5, 5.41) is 7.63. The Bertz CT molecular complexity index is 493. The molecule has 0 spiro atoms. The fourth-order valence-electron chi connectivity index (χ4n) is 1.34. The Balaban J connectivity index is 2.86. The number of aromatic nitrogens is 2. The van der Waals surface area contributed by atoms with Crippen LogP contribution in [-0.2, 0) is 0 Å². The molecule has 0 aliphatic heterocycles. The number of halogens is 1.